The lowest BCUT2D eigenvalue weighted by atomic mass is 10.0. The smallest absolute Gasteiger partial charge is 0.237 e. The van der Waals surface area contributed by atoms with Gasteiger partial charge in [0.2, 0.25) is 11.8 Å². The van der Waals surface area contributed by atoms with Crippen molar-refractivity contribution >= 4 is 11.8 Å². The van der Waals surface area contributed by atoms with Gasteiger partial charge in [-0.25, -0.2) is 0 Å². The standard InChI is InChI=1S/C20H41N3O2/c1-2-3-4-5-6-7-8-9-10-11-12-13-14-15-16-23-20(25)18(21)17-19(22)24/h18H,2-17,21H2,1H3,(H2,22,24)(H,23,25)/t18-/m0/s1. The van der Waals surface area contributed by atoms with Crippen LogP contribution in [0.5, 0.6) is 0 Å². The van der Waals surface area contributed by atoms with Crippen LogP contribution in [0.15, 0.2) is 0 Å². The van der Waals surface area contributed by atoms with Crippen LogP contribution in [0.4, 0.5) is 0 Å². The molecule has 0 aromatic carbocycles. The van der Waals surface area contributed by atoms with Gasteiger partial charge >= 0.3 is 0 Å². The molecule has 0 aromatic heterocycles. The van der Waals surface area contributed by atoms with Gasteiger partial charge < -0.3 is 16.8 Å². The molecule has 0 saturated heterocycles. The Kier molecular flexibility index (Phi) is 16.9. The summed E-state index contributed by atoms with van der Waals surface area (Å²) in [7, 11) is 0. The van der Waals surface area contributed by atoms with E-state index in [0.717, 1.165) is 12.8 Å². The van der Waals surface area contributed by atoms with Crippen LogP contribution in [0.1, 0.15) is 103 Å². The van der Waals surface area contributed by atoms with Gasteiger partial charge in [0.1, 0.15) is 0 Å². The predicted octanol–water partition coefficient (Wildman–Crippen LogP) is 3.79. The first-order chi connectivity index (χ1) is 12.1. The number of hydrogen-bond donors (Lipinski definition) is 3. The molecule has 0 rings (SSSR count). The molecule has 0 heterocycles. The van der Waals surface area contributed by atoms with Crippen LogP contribution < -0.4 is 16.8 Å². The van der Waals surface area contributed by atoms with E-state index in [0.29, 0.717) is 6.54 Å². The van der Waals surface area contributed by atoms with E-state index < -0.39 is 11.9 Å². The number of unbranched alkanes of at least 4 members (excludes halogenated alkanes) is 13. The van der Waals surface area contributed by atoms with Gasteiger partial charge in [0.05, 0.1) is 12.5 Å². The van der Waals surface area contributed by atoms with Gasteiger partial charge in [-0.15, -0.1) is 0 Å². The number of carbonyl (C=O) groups is 2. The molecule has 0 aromatic rings. The molecule has 2 amide bonds. The Hall–Kier alpha value is -1.10. The summed E-state index contributed by atoms with van der Waals surface area (Å²) in [6.45, 7) is 2.89. The minimum Gasteiger partial charge on any atom is -0.370 e. The lowest BCUT2D eigenvalue weighted by Crippen LogP contribution is -2.43. The quantitative estimate of drug-likeness (QED) is 0.326. The molecule has 0 aliphatic carbocycles. The van der Waals surface area contributed by atoms with Crippen molar-refractivity contribution < 1.29 is 9.59 Å². The average Bonchev–Trinajstić information content (AvgIpc) is 2.57. The van der Waals surface area contributed by atoms with E-state index >= 15 is 0 Å². The zero-order valence-electron chi connectivity index (χ0n) is 16.4. The Balaban J connectivity index is 3.21. The zero-order chi connectivity index (χ0) is 18.8. The highest BCUT2D eigenvalue weighted by Crippen LogP contribution is 2.12. The van der Waals surface area contributed by atoms with E-state index in [2.05, 4.69) is 12.2 Å². The molecule has 0 fully saturated rings. The Morgan fingerprint density at radius 3 is 1.56 bits per heavy atom. The number of carbonyl (C=O) groups excluding carboxylic acids is 2. The van der Waals surface area contributed by atoms with E-state index in [1.807, 2.05) is 0 Å². The first kappa shape index (κ1) is 23.9. The fraction of sp³-hybridized carbons (Fsp3) is 0.900. The summed E-state index contributed by atoms with van der Waals surface area (Å²) in [6, 6.07) is -0.816. The molecule has 0 unspecified atom stereocenters. The van der Waals surface area contributed by atoms with E-state index in [1.54, 1.807) is 0 Å². The molecule has 0 aliphatic heterocycles. The number of amides is 2. The van der Waals surface area contributed by atoms with Gasteiger partial charge in [-0.05, 0) is 6.42 Å². The molecule has 1 atom stereocenters. The lowest BCUT2D eigenvalue weighted by Gasteiger charge is -2.10. The van der Waals surface area contributed by atoms with Crippen molar-refractivity contribution in [3.63, 3.8) is 0 Å². The van der Waals surface area contributed by atoms with Crippen LogP contribution >= 0.6 is 0 Å². The van der Waals surface area contributed by atoms with E-state index in [9.17, 15) is 9.59 Å². The fourth-order valence-corrected chi connectivity index (χ4v) is 2.97. The van der Waals surface area contributed by atoms with Crippen LogP contribution in [0, 0.1) is 0 Å². The predicted molar refractivity (Wildman–Crippen MR) is 105 cm³/mol. The largest absolute Gasteiger partial charge is 0.370 e. The molecule has 25 heavy (non-hydrogen) atoms. The minimum absolute atomic E-state index is 0.0927. The summed E-state index contributed by atoms with van der Waals surface area (Å²) >= 11 is 0. The monoisotopic (exact) mass is 355 g/mol. The topological polar surface area (TPSA) is 98.2 Å². The Morgan fingerprint density at radius 1 is 0.760 bits per heavy atom. The number of rotatable bonds is 18. The summed E-state index contributed by atoms with van der Waals surface area (Å²) in [5, 5.41) is 2.76. The highest BCUT2D eigenvalue weighted by atomic mass is 16.2. The molecule has 5 N–H and O–H groups in total. The van der Waals surface area contributed by atoms with Crippen LogP contribution in [-0.2, 0) is 9.59 Å². The molecule has 0 aliphatic rings. The van der Waals surface area contributed by atoms with Gasteiger partial charge in [0.25, 0.3) is 0 Å². The minimum atomic E-state index is -0.816. The number of primary amides is 1. The Morgan fingerprint density at radius 2 is 1.16 bits per heavy atom. The van der Waals surface area contributed by atoms with Crippen molar-refractivity contribution in [2.45, 2.75) is 109 Å². The second-order valence-corrected chi connectivity index (χ2v) is 7.16. The van der Waals surface area contributed by atoms with Crippen LogP contribution in [0.3, 0.4) is 0 Å². The molecule has 0 radical (unpaired) electrons. The molecular formula is C20H41N3O2. The van der Waals surface area contributed by atoms with Gasteiger partial charge in [0, 0.05) is 6.54 Å². The second kappa shape index (κ2) is 17.7. The maximum atomic E-state index is 11.6. The third-order valence-corrected chi connectivity index (χ3v) is 4.59. The SMILES string of the molecule is CCCCCCCCCCCCCCCCNC(=O)[C@@H](N)CC(N)=O. The normalized spacial score (nSPS) is 12.1. The van der Waals surface area contributed by atoms with Crippen LogP contribution in [0.2, 0.25) is 0 Å². The molecule has 0 saturated carbocycles. The molecule has 5 nitrogen and oxygen atoms in total. The van der Waals surface area contributed by atoms with Crippen molar-refractivity contribution in [3.8, 4) is 0 Å². The summed E-state index contributed by atoms with van der Waals surface area (Å²) in [4.78, 5) is 22.3. The zero-order valence-corrected chi connectivity index (χ0v) is 16.4. The third-order valence-electron chi connectivity index (χ3n) is 4.59. The van der Waals surface area contributed by atoms with Crippen LogP contribution in [0.25, 0.3) is 0 Å². The van der Waals surface area contributed by atoms with E-state index in [4.69, 9.17) is 11.5 Å². The maximum absolute atomic E-state index is 11.6. The summed E-state index contributed by atoms with van der Waals surface area (Å²) < 4.78 is 0. The average molecular weight is 356 g/mol. The second-order valence-electron chi connectivity index (χ2n) is 7.16. The van der Waals surface area contributed by atoms with Crippen molar-refractivity contribution in [1.29, 1.82) is 0 Å². The van der Waals surface area contributed by atoms with Crippen LogP contribution in [-0.4, -0.2) is 24.4 Å². The maximum Gasteiger partial charge on any atom is 0.237 e. The highest BCUT2D eigenvalue weighted by Gasteiger charge is 2.14. The Labute approximate surface area is 154 Å². The first-order valence-electron chi connectivity index (χ1n) is 10.4. The molecule has 5 heteroatoms. The van der Waals surface area contributed by atoms with Gasteiger partial charge in [-0.2, -0.15) is 0 Å². The van der Waals surface area contributed by atoms with Crippen molar-refractivity contribution in [1.82, 2.24) is 5.32 Å². The molecule has 148 valence electrons. The Bertz CT molecular complexity index is 335. The first-order valence-corrected chi connectivity index (χ1v) is 10.4. The van der Waals surface area contributed by atoms with E-state index in [1.165, 1.54) is 77.0 Å². The van der Waals surface area contributed by atoms with Crippen molar-refractivity contribution in [2.24, 2.45) is 11.5 Å². The third kappa shape index (κ3) is 17.5. The molecule has 0 spiro atoms. The van der Waals surface area contributed by atoms with Gasteiger partial charge in [-0.1, -0.05) is 90.4 Å². The highest BCUT2D eigenvalue weighted by molar-refractivity contribution is 5.87. The summed E-state index contributed by atoms with van der Waals surface area (Å²) in [5.74, 6) is -0.826. The number of nitrogens with one attached hydrogen (secondary N) is 1. The van der Waals surface area contributed by atoms with Gasteiger partial charge in [-0.3, -0.25) is 9.59 Å². The van der Waals surface area contributed by atoms with Crippen molar-refractivity contribution in [2.75, 3.05) is 6.54 Å². The fourth-order valence-electron chi connectivity index (χ4n) is 2.97. The molecular weight excluding hydrogens is 314 g/mol. The summed E-state index contributed by atoms with van der Waals surface area (Å²) in [5.41, 5.74) is 10.6. The number of nitrogens with two attached hydrogens (primary N) is 2. The summed E-state index contributed by atoms with van der Waals surface area (Å²) in [6.07, 6.45) is 18.3. The molecule has 0 bridgehead atoms. The number of hydrogen-bond acceptors (Lipinski definition) is 3. The lowest BCUT2D eigenvalue weighted by molar-refractivity contribution is -0.126. The van der Waals surface area contributed by atoms with Gasteiger partial charge in [0.15, 0.2) is 0 Å². The van der Waals surface area contributed by atoms with Crippen molar-refractivity contribution in [3.05, 3.63) is 0 Å². The van der Waals surface area contributed by atoms with E-state index in [-0.39, 0.29) is 12.3 Å².